The number of carbonyl (C=O) groups excluding carboxylic acids is 3. The van der Waals surface area contributed by atoms with Crippen LogP contribution >= 0.6 is 0 Å². The Labute approximate surface area is 557 Å². The summed E-state index contributed by atoms with van der Waals surface area (Å²) in [6.07, 6.45) is -13.1. The molecule has 0 aromatic heterocycles. The van der Waals surface area contributed by atoms with Gasteiger partial charge in [0.15, 0.2) is 0 Å². The van der Waals surface area contributed by atoms with Crippen molar-refractivity contribution in [1.82, 2.24) is 0 Å². The van der Waals surface area contributed by atoms with Crippen molar-refractivity contribution in [2.45, 2.75) is 283 Å². The van der Waals surface area contributed by atoms with E-state index in [1.807, 2.05) is 20.8 Å². The van der Waals surface area contributed by atoms with Gasteiger partial charge in [0, 0.05) is 11.8 Å². The van der Waals surface area contributed by atoms with Crippen LogP contribution in [0.2, 0.25) is 0 Å². The average molecular weight is 1340 g/mol. The van der Waals surface area contributed by atoms with Crippen LogP contribution in [0.3, 0.4) is 0 Å². The molecule has 0 bridgehead atoms. The summed E-state index contributed by atoms with van der Waals surface area (Å²) < 4.78 is 30.0. The Morgan fingerprint density at radius 2 is 0.863 bits per heavy atom. The van der Waals surface area contributed by atoms with Crippen LogP contribution in [0.4, 0.5) is 0 Å². The first kappa shape index (κ1) is 71.6. The number of aliphatic carboxylic acids is 1. The van der Waals surface area contributed by atoms with Gasteiger partial charge in [0.25, 0.3) is 0 Å². The lowest BCUT2D eigenvalue weighted by Gasteiger charge is -2.72. The standard InChI is InChI=1S/C72H110O23/c1-33-17-23-71(59(87)94-55-49(81)47(79)45(77)39(31-73)91-55)27-25-63(5)35(51(71)69(33,11)89)13-15-41-61(3)29-37(75)53(83)67(9,43(61)19-21-65(41,63)7)58(86)93-54-38(76)30-62(4)42-16-14-36-52-70(12,90)34(2)18-24-72(52,60(88)95-56-50(82)48(80)46(78)40(32-74)92-56)28-26-64(36,6)66(42,8)22-20-44(62)68(54,10)57(84)85/h13-14,33-34,37-56,73-83,89-90H,15-32H2,1-12H3,(H,84,85)/t33-,34-,37-,38-,39-,40-,41-,42-,43?,44?,45-,46-,47+,48+,49-,50-,51?,52?,53-,54-,55+,56+,61-,62-,63-,64-,65-,66-,67-,68-,69-,70-,71+,72+/m1/s1. The highest BCUT2D eigenvalue weighted by atomic mass is 16.7. The number of carbonyl (C=O) groups is 4. The molecular weight excluding hydrogens is 1230 g/mol. The van der Waals surface area contributed by atoms with E-state index in [1.54, 1.807) is 27.7 Å². The second-order valence-corrected chi connectivity index (χ2v) is 35.0. The van der Waals surface area contributed by atoms with Crippen LogP contribution in [0.1, 0.15) is 186 Å². The highest BCUT2D eigenvalue weighted by molar-refractivity contribution is 5.82. The fourth-order valence-electron chi connectivity index (χ4n) is 25.0. The SMILES string of the molecule is C[C@@H]1CC[C@]2(C(=O)O[C@@H]3O[C@H](CO)[C@@H](O)[C@H](O)[C@H]3O)CC[C@]3(C)C(=CC[C@@H]4[C@@]5(C)C[C@@H](O)[C@@H](O)[C@](C)(C(=O)O[C@@H]6[C@H](O)C[C@@]7(C)C(CC[C@]8(C)[C@@H]7CC=C7C9[C@](C(=O)O[C@@H]%10O[C@H](CO)[C@@H](O)[C@H](O)[C@H]%10O)(CC[C@@H](C)[C@@]9(C)O)CC[C@]78C)[C@@]6(C)C(=O)O)C5CC[C@]43C)C2[C@]1(C)O. The third-order valence-corrected chi connectivity index (χ3v) is 31.4. The summed E-state index contributed by atoms with van der Waals surface area (Å²) in [4.78, 5) is 60.3. The molecule has 10 aliphatic carbocycles. The topological polar surface area (TPSA) is 398 Å². The molecule has 0 spiro atoms. The molecule has 4 unspecified atom stereocenters. The van der Waals surface area contributed by atoms with Gasteiger partial charge < -0.3 is 95.2 Å². The lowest BCUT2D eigenvalue weighted by atomic mass is 9.32. The van der Waals surface area contributed by atoms with Crippen LogP contribution in [0.5, 0.6) is 0 Å². The number of carboxylic acids is 1. The van der Waals surface area contributed by atoms with E-state index in [-0.39, 0.29) is 49.4 Å². The summed E-state index contributed by atoms with van der Waals surface area (Å²) in [6.45, 7) is 21.9. The lowest BCUT2D eigenvalue weighted by molar-refractivity contribution is -0.299. The molecule has 12 aliphatic rings. The summed E-state index contributed by atoms with van der Waals surface area (Å²) in [6, 6.07) is 0. The zero-order valence-corrected chi connectivity index (χ0v) is 57.5. The minimum absolute atomic E-state index is 0.0433. The number of hydrogen-bond acceptors (Lipinski definition) is 22. The van der Waals surface area contributed by atoms with Crippen molar-refractivity contribution in [1.29, 1.82) is 0 Å². The van der Waals surface area contributed by atoms with Crippen molar-refractivity contribution in [3.8, 4) is 0 Å². The summed E-state index contributed by atoms with van der Waals surface area (Å²) in [5.74, 6) is -7.65. The molecule has 14 N–H and O–H groups in total. The van der Waals surface area contributed by atoms with E-state index in [9.17, 15) is 81.1 Å². The molecule has 34 atom stereocenters. The minimum Gasteiger partial charge on any atom is -0.481 e. The first-order valence-electron chi connectivity index (χ1n) is 35.4. The Morgan fingerprint density at radius 1 is 0.474 bits per heavy atom. The van der Waals surface area contributed by atoms with Crippen LogP contribution in [0.15, 0.2) is 23.3 Å². The molecule has 0 aromatic carbocycles. The fraction of sp³-hybridized carbons (Fsp3) is 0.889. The van der Waals surface area contributed by atoms with Crippen LogP contribution in [-0.4, -0.2) is 206 Å². The second kappa shape index (κ2) is 23.1. The highest BCUT2D eigenvalue weighted by Gasteiger charge is 2.78. The molecule has 2 aliphatic heterocycles. The molecule has 23 heteroatoms. The van der Waals surface area contributed by atoms with E-state index in [0.717, 1.165) is 11.1 Å². The van der Waals surface area contributed by atoms with E-state index in [0.29, 0.717) is 77.0 Å². The van der Waals surface area contributed by atoms with Gasteiger partial charge in [-0.05, 0) is 198 Å². The lowest BCUT2D eigenvalue weighted by Crippen LogP contribution is -2.72. The Hall–Kier alpha value is -3.24. The zero-order chi connectivity index (χ0) is 69.8. The first-order chi connectivity index (χ1) is 44.0. The first-order valence-corrected chi connectivity index (χ1v) is 35.4. The van der Waals surface area contributed by atoms with Gasteiger partial charge in [-0.2, -0.15) is 0 Å². The van der Waals surface area contributed by atoms with Crippen molar-refractivity contribution >= 4 is 23.9 Å². The monoisotopic (exact) mass is 1340 g/mol. The molecule has 95 heavy (non-hydrogen) atoms. The molecule has 0 radical (unpaired) electrons. The number of aliphatic hydroxyl groups is 13. The van der Waals surface area contributed by atoms with Crippen molar-refractivity contribution < 1.29 is 114 Å². The second-order valence-electron chi connectivity index (χ2n) is 35.0. The van der Waals surface area contributed by atoms with Crippen LogP contribution in [0, 0.1) is 101 Å². The summed E-state index contributed by atoms with van der Waals surface area (Å²) >= 11 is 0. The quantitative estimate of drug-likeness (QED) is 0.0892. The molecule has 0 amide bonds. The Balaban J connectivity index is 0.826. The molecular formula is C72H110O23. The van der Waals surface area contributed by atoms with Gasteiger partial charge in [-0.3, -0.25) is 19.2 Å². The maximum absolute atomic E-state index is 15.8. The Morgan fingerprint density at radius 3 is 1.25 bits per heavy atom. The molecule has 0 aromatic rings. The Bertz CT molecular complexity index is 3110. The minimum atomic E-state index is -1.88. The maximum atomic E-state index is 15.8. The number of aliphatic hydroxyl groups excluding tert-OH is 11. The number of ether oxygens (including phenoxy) is 5. The number of hydrogen-bond donors (Lipinski definition) is 14. The van der Waals surface area contributed by atoms with E-state index in [4.69, 9.17) is 23.7 Å². The van der Waals surface area contributed by atoms with Crippen molar-refractivity contribution in [2.75, 3.05) is 13.2 Å². The average Bonchev–Trinajstić information content (AvgIpc) is 0.674. The third-order valence-electron chi connectivity index (χ3n) is 31.4. The largest absolute Gasteiger partial charge is 0.481 e. The van der Waals surface area contributed by atoms with E-state index in [2.05, 4.69) is 46.8 Å². The van der Waals surface area contributed by atoms with Gasteiger partial charge in [0.05, 0.1) is 59.0 Å². The molecule has 8 saturated carbocycles. The number of esters is 3. The maximum Gasteiger partial charge on any atom is 0.315 e. The summed E-state index contributed by atoms with van der Waals surface area (Å²) in [7, 11) is 0. The summed E-state index contributed by atoms with van der Waals surface area (Å²) in [5, 5.41) is 159. The van der Waals surface area contributed by atoms with E-state index < -0.39 is 212 Å². The molecule has 2 heterocycles. The normalized spacial score (nSPS) is 57.1. The van der Waals surface area contributed by atoms with Crippen molar-refractivity contribution in [3.05, 3.63) is 23.3 Å². The number of carboxylic acid groups (broad SMARTS) is 1. The van der Waals surface area contributed by atoms with Crippen LogP contribution in [0.25, 0.3) is 0 Å². The van der Waals surface area contributed by atoms with Gasteiger partial charge in [-0.1, -0.05) is 78.7 Å². The van der Waals surface area contributed by atoms with Gasteiger partial charge in [-0.25, -0.2) is 0 Å². The number of allylic oxidation sites excluding steroid dienone is 2. The van der Waals surface area contributed by atoms with Crippen LogP contribution in [-0.2, 0) is 42.9 Å². The van der Waals surface area contributed by atoms with Gasteiger partial charge in [0.2, 0.25) is 12.6 Å². The molecule has 12 rings (SSSR count). The zero-order valence-electron chi connectivity index (χ0n) is 57.5. The van der Waals surface area contributed by atoms with Gasteiger partial charge in [0.1, 0.15) is 60.4 Å². The number of fused-ring (bicyclic) bond motifs is 14. The van der Waals surface area contributed by atoms with Crippen molar-refractivity contribution in [2.24, 2.45) is 101 Å². The number of rotatable bonds is 9. The van der Waals surface area contributed by atoms with E-state index in [1.165, 1.54) is 0 Å². The van der Waals surface area contributed by atoms with E-state index >= 15 is 9.59 Å². The predicted octanol–water partition coefficient (Wildman–Crippen LogP) is 3.48. The Kier molecular flexibility index (Phi) is 17.4. The van der Waals surface area contributed by atoms with Crippen LogP contribution < -0.4 is 0 Å². The molecule has 2 saturated heterocycles. The van der Waals surface area contributed by atoms with Crippen molar-refractivity contribution in [3.63, 3.8) is 0 Å². The predicted molar refractivity (Wildman–Crippen MR) is 336 cm³/mol. The van der Waals surface area contributed by atoms with Gasteiger partial charge in [-0.15, -0.1) is 0 Å². The highest BCUT2D eigenvalue weighted by Crippen LogP contribution is 2.79. The van der Waals surface area contributed by atoms with Gasteiger partial charge >= 0.3 is 23.9 Å². The third kappa shape index (κ3) is 9.34. The summed E-state index contributed by atoms with van der Waals surface area (Å²) in [5.41, 5.74) is -11.9. The molecule has 10 fully saturated rings. The smallest absolute Gasteiger partial charge is 0.315 e. The molecule has 536 valence electrons. The fourth-order valence-corrected chi connectivity index (χ4v) is 25.0. The molecule has 23 nitrogen and oxygen atoms in total.